The number of ether oxygens (including phenoxy) is 1. The van der Waals surface area contributed by atoms with E-state index in [1.807, 2.05) is 0 Å². The Morgan fingerprint density at radius 1 is 1.50 bits per heavy atom. The van der Waals surface area contributed by atoms with Crippen LogP contribution in [0.25, 0.3) is 0 Å². The Hall–Kier alpha value is -1.33. The van der Waals surface area contributed by atoms with Crippen LogP contribution in [-0.4, -0.2) is 12.4 Å². The van der Waals surface area contributed by atoms with E-state index in [0.29, 0.717) is 0 Å². The third kappa shape index (κ3) is 1.63. The Morgan fingerprint density at radius 2 is 2.17 bits per heavy atom. The molecule has 0 aliphatic carbocycles. The Morgan fingerprint density at radius 3 is 2.58 bits per heavy atom. The summed E-state index contributed by atoms with van der Waals surface area (Å²) in [5, 5.41) is 2.68. The second kappa shape index (κ2) is 2.96. The summed E-state index contributed by atoms with van der Waals surface area (Å²) in [5.41, 5.74) is 5.47. The minimum Gasteiger partial charge on any atom is -0.470 e. The van der Waals surface area contributed by atoms with E-state index < -0.39 is 18.0 Å². The lowest BCUT2D eigenvalue weighted by molar-refractivity contribution is -0.107. The minimum atomic E-state index is -4.49. The van der Waals surface area contributed by atoms with Crippen LogP contribution >= 0.6 is 0 Å². The summed E-state index contributed by atoms with van der Waals surface area (Å²) in [6.07, 6.45) is -3.01. The van der Waals surface area contributed by atoms with Crippen molar-refractivity contribution in [2.75, 3.05) is 0 Å². The lowest BCUT2D eigenvalue weighted by Crippen LogP contribution is -2.24. The fourth-order valence-corrected chi connectivity index (χ4v) is 0.753. The highest BCUT2D eigenvalue weighted by atomic mass is 19.4. The molecule has 1 heterocycles. The molecule has 0 saturated carbocycles. The molecule has 1 aliphatic heterocycles. The molecular formula is C6H5F3N2O. The van der Waals surface area contributed by atoms with Gasteiger partial charge in [0.2, 0.25) is 6.23 Å². The van der Waals surface area contributed by atoms with E-state index in [-0.39, 0.29) is 0 Å². The van der Waals surface area contributed by atoms with Gasteiger partial charge in [0.25, 0.3) is 0 Å². The Labute approximate surface area is 66.0 Å². The van der Waals surface area contributed by atoms with Crippen LogP contribution in [0.15, 0.2) is 29.1 Å². The minimum absolute atomic E-state index is 0.839. The monoisotopic (exact) mass is 178 g/mol. The number of alkyl halides is 3. The Bertz CT molecular complexity index is 244. The van der Waals surface area contributed by atoms with Crippen molar-refractivity contribution < 1.29 is 17.9 Å². The highest BCUT2D eigenvalue weighted by Crippen LogP contribution is 2.31. The normalized spacial score (nSPS) is 22.9. The standard InChI is InChI=1S/C6H5F3N2O/c7-6(8,9)4-2-1-3-12-5(4)11-10/h1-3,5,10H. The summed E-state index contributed by atoms with van der Waals surface area (Å²) in [6, 6.07) is 0. The first-order chi connectivity index (χ1) is 5.55. The zero-order chi connectivity index (χ0) is 9.19. The molecule has 1 atom stereocenters. The van der Waals surface area contributed by atoms with E-state index in [4.69, 9.17) is 5.53 Å². The molecule has 6 heteroatoms. The second-order valence-corrected chi connectivity index (χ2v) is 2.07. The van der Waals surface area contributed by atoms with Gasteiger partial charge in [0.1, 0.15) is 0 Å². The van der Waals surface area contributed by atoms with Crippen LogP contribution in [0, 0.1) is 5.53 Å². The fourth-order valence-electron chi connectivity index (χ4n) is 0.753. The van der Waals surface area contributed by atoms with Gasteiger partial charge in [0.15, 0.2) is 0 Å². The van der Waals surface area contributed by atoms with E-state index in [0.717, 1.165) is 18.4 Å². The van der Waals surface area contributed by atoms with Gasteiger partial charge in [-0.05, 0) is 12.2 Å². The largest absolute Gasteiger partial charge is 0.470 e. The molecule has 1 rings (SSSR count). The van der Waals surface area contributed by atoms with Crippen LogP contribution in [0.2, 0.25) is 0 Å². The molecule has 0 spiro atoms. The van der Waals surface area contributed by atoms with Gasteiger partial charge in [0.05, 0.1) is 11.8 Å². The molecule has 66 valence electrons. The molecule has 12 heavy (non-hydrogen) atoms. The number of nitrogens with zero attached hydrogens (tertiary/aromatic N) is 1. The van der Waals surface area contributed by atoms with Gasteiger partial charge in [-0.25, -0.2) is 5.53 Å². The Kier molecular flexibility index (Phi) is 2.16. The molecule has 0 saturated heterocycles. The smallest absolute Gasteiger partial charge is 0.418 e. The molecule has 0 aromatic heterocycles. The highest BCUT2D eigenvalue weighted by Gasteiger charge is 2.40. The summed E-state index contributed by atoms with van der Waals surface area (Å²) in [7, 11) is 0. The van der Waals surface area contributed by atoms with Crippen molar-refractivity contribution in [2.24, 2.45) is 5.11 Å². The lowest BCUT2D eigenvalue weighted by Gasteiger charge is -2.18. The van der Waals surface area contributed by atoms with E-state index in [1.165, 1.54) is 0 Å². The molecule has 0 aromatic carbocycles. The Balaban J connectivity index is 2.91. The van der Waals surface area contributed by atoms with Crippen LogP contribution in [0.4, 0.5) is 13.2 Å². The average Bonchev–Trinajstić information content (AvgIpc) is 2.03. The van der Waals surface area contributed by atoms with Crippen molar-refractivity contribution in [3.8, 4) is 0 Å². The fraction of sp³-hybridized carbons (Fsp3) is 0.333. The van der Waals surface area contributed by atoms with E-state index in [1.54, 1.807) is 0 Å². The molecule has 0 aromatic rings. The SMILES string of the molecule is N=NC1OC=CC=C1C(F)(F)F. The van der Waals surface area contributed by atoms with Crippen molar-refractivity contribution >= 4 is 0 Å². The maximum atomic E-state index is 12.1. The zero-order valence-electron chi connectivity index (χ0n) is 5.80. The van der Waals surface area contributed by atoms with Crippen LogP contribution < -0.4 is 0 Å². The summed E-state index contributed by atoms with van der Waals surface area (Å²) in [6.45, 7) is 0. The summed E-state index contributed by atoms with van der Waals surface area (Å²) < 4.78 is 40.6. The first-order valence-electron chi connectivity index (χ1n) is 3.01. The van der Waals surface area contributed by atoms with Crippen molar-refractivity contribution in [1.82, 2.24) is 0 Å². The van der Waals surface area contributed by atoms with Crippen molar-refractivity contribution in [3.63, 3.8) is 0 Å². The van der Waals surface area contributed by atoms with Crippen LogP contribution in [0.1, 0.15) is 0 Å². The summed E-state index contributed by atoms with van der Waals surface area (Å²) in [5.74, 6) is 0. The van der Waals surface area contributed by atoms with Gasteiger partial charge in [0, 0.05) is 0 Å². The second-order valence-electron chi connectivity index (χ2n) is 2.07. The molecule has 1 N–H and O–H groups in total. The topological polar surface area (TPSA) is 45.4 Å². The van der Waals surface area contributed by atoms with E-state index in [2.05, 4.69) is 9.85 Å². The molecule has 1 unspecified atom stereocenters. The van der Waals surface area contributed by atoms with E-state index >= 15 is 0 Å². The van der Waals surface area contributed by atoms with Crippen LogP contribution in [0.3, 0.4) is 0 Å². The predicted octanol–water partition coefficient (Wildman–Crippen LogP) is 2.38. The molecule has 1 aliphatic rings. The quantitative estimate of drug-likeness (QED) is 0.615. The molecule has 0 radical (unpaired) electrons. The first-order valence-corrected chi connectivity index (χ1v) is 3.01. The average molecular weight is 178 g/mol. The van der Waals surface area contributed by atoms with Gasteiger partial charge < -0.3 is 4.74 Å². The predicted molar refractivity (Wildman–Crippen MR) is 33.3 cm³/mol. The van der Waals surface area contributed by atoms with E-state index in [9.17, 15) is 13.2 Å². The van der Waals surface area contributed by atoms with Crippen molar-refractivity contribution in [3.05, 3.63) is 24.0 Å². The third-order valence-corrected chi connectivity index (χ3v) is 1.27. The number of nitrogens with one attached hydrogen (secondary N) is 1. The number of rotatable bonds is 1. The molecule has 0 bridgehead atoms. The highest BCUT2D eigenvalue weighted by molar-refractivity contribution is 5.22. The maximum absolute atomic E-state index is 12.1. The molecular weight excluding hydrogens is 173 g/mol. The summed E-state index contributed by atoms with van der Waals surface area (Å²) in [4.78, 5) is 0. The zero-order valence-corrected chi connectivity index (χ0v) is 5.80. The first kappa shape index (κ1) is 8.76. The number of hydrogen-bond acceptors (Lipinski definition) is 3. The lowest BCUT2D eigenvalue weighted by atomic mass is 10.2. The molecule has 0 fully saturated rings. The molecule has 3 nitrogen and oxygen atoms in total. The number of halogens is 3. The van der Waals surface area contributed by atoms with Gasteiger partial charge >= 0.3 is 6.18 Å². The van der Waals surface area contributed by atoms with Gasteiger partial charge in [-0.3, -0.25) is 0 Å². The van der Waals surface area contributed by atoms with Crippen molar-refractivity contribution in [2.45, 2.75) is 12.4 Å². The number of hydrogen-bond donors (Lipinski definition) is 1. The molecule has 0 amide bonds. The number of allylic oxidation sites excluding steroid dienone is 2. The van der Waals surface area contributed by atoms with Crippen molar-refractivity contribution in [1.29, 1.82) is 5.53 Å². The van der Waals surface area contributed by atoms with Gasteiger partial charge in [-0.1, -0.05) is 0 Å². The van der Waals surface area contributed by atoms with Gasteiger partial charge in [-0.2, -0.15) is 13.2 Å². The van der Waals surface area contributed by atoms with Crippen LogP contribution in [0.5, 0.6) is 0 Å². The van der Waals surface area contributed by atoms with Gasteiger partial charge in [-0.15, -0.1) is 5.11 Å². The third-order valence-electron chi connectivity index (χ3n) is 1.27. The summed E-state index contributed by atoms with van der Waals surface area (Å²) >= 11 is 0. The maximum Gasteiger partial charge on any atom is 0.418 e. The van der Waals surface area contributed by atoms with Crippen LogP contribution in [-0.2, 0) is 4.74 Å².